The summed E-state index contributed by atoms with van der Waals surface area (Å²) < 4.78 is 0. The second kappa shape index (κ2) is 9.69. The largest absolute Gasteiger partial charge is 0.241 e. The first kappa shape index (κ1) is 18.9. The van der Waals surface area contributed by atoms with Crippen LogP contribution in [-0.2, 0) is 6.42 Å². The number of hydrogen-bond acceptors (Lipinski definition) is 2. The monoisotopic (exact) mass is 342 g/mol. The highest BCUT2D eigenvalue weighted by Crippen LogP contribution is 2.39. The second-order valence-electron chi connectivity index (χ2n) is 8.79. The van der Waals surface area contributed by atoms with E-state index in [0.29, 0.717) is 5.92 Å². The summed E-state index contributed by atoms with van der Waals surface area (Å²) in [7, 11) is 0. The van der Waals surface area contributed by atoms with Crippen molar-refractivity contribution in [3.8, 4) is 0 Å². The van der Waals surface area contributed by atoms with E-state index in [9.17, 15) is 0 Å². The van der Waals surface area contributed by atoms with Crippen LogP contribution >= 0.6 is 0 Å². The lowest BCUT2D eigenvalue weighted by molar-refractivity contribution is 0.226. The third-order valence-corrected chi connectivity index (χ3v) is 7.00. The maximum absolute atomic E-state index is 4.67. The second-order valence-corrected chi connectivity index (χ2v) is 8.79. The van der Waals surface area contributed by atoms with E-state index in [0.717, 1.165) is 30.0 Å². The predicted molar refractivity (Wildman–Crippen MR) is 106 cm³/mol. The van der Waals surface area contributed by atoms with E-state index in [2.05, 4.69) is 36.2 Å². The van der Waals surface area contributed by atoms with Gasteiger partial charge in [0.15, 0.2) is 0 Å². The van der Waals surface area contributed by atoms with Crippen LogP contribution in [0.2, 0.25) is 0 Å². The minimum absolute atomic E-state index is 0.618. The summed E-state index contributed by atoms with van der Waals surface area (Å²) in [5.41, 5.74) is 1.29. The summed E-state index contributed by atoms with van der Waals surface area (Å²) in [5, 5.41) is 0. The van der Waals surface area contributed by atoms with E-state index in [4.69, 9.17) is 0 Å². The third kappa shape index (κ3) is 5.53. The number of aryl methyl sites for hydroxylation is 1. The average molecular weight is 343 g/mol. The number of aromatic nitrogens is 2. The molecule has 0 aliphatic heterocycles. The van der Waals surface area contributed by atoms with Gasteiger partial charge in [-0.15, -0.1) is 0 Å². The molecule has 1 heterocycles. The van der Waals surface area contributed by atoms with Crippen molar-refractivity contribution in [3.63, 3.8) is 0 Å². The zero-order valence-electron chi connectivity index (χ0n) is 16.6. The van der Waals surface area contributed by atoms with Gasteiger partial charge in [0.2, 0.25) is 0 Å². The Balaban J connectivity index is 1.37. The summed E-state index contributed by atoms with van der Waals surface area (Å²) in [6, 6.07) is 0. The number of hydrogen-bond donors (Lipinski definition) is 0. The Kier molecular flexibility index (Phi) is 7.31. The quantitative estimate of drug-likeness (QED) is 0.551. The Hall–Kier alpha value is -0.920. The van der Waals surface area contributed by atoms with Crippen LogP contribution in [0.3, 0.4) is 0 Å². The fourth-order valence-corrected chi connectivity index (χ4v) is 5.10. The van der Waals surface area contributed by atoms with Crippen LogP contribution in [0.4, 0.5) is 0 Å². The van der Waals surface area contributed by atoms with Crippen LogP contribution in [-0.4, -0.2) is 9.97 Å². The summed E-state index contributed by atoms with van der Waals surface area (Å²) in [6.07, 6.45) is 22.2. The molecule has 140 valence electrons. The van der Waals surface area contributed by atoms with Crippen LogP contribution in [0.25, 0.3) is 0 Å². The highest BCUT2D eigenvalue weighted by Gasteiger charge is 2.26. The highest BCUT2D eigenvalue weighted by molar-refractivity contribution is 5.08. The van der Waals surface area contributed by atoms with Gasteiger partial charge in [0.1, 0.15) is 5.82 Å². The van der Waals surface area contributed by atoms with Gasteiger partial charge in [-0.2, -0.15) is 0 Å². The molecule has 2 heteroatoms. The van der Waals surface area contributed by atoms with Crippen LogP contribution in [0.1, 0.15) is 108 Å². The molecule has 0 N–H and O–H groups in total. The molecule has 2 fully saturated rings. The zero-order valence-corrected chi connectivity index (χ0v) is 16.6. The summed E-state index contributed by atoms with van der Waals surface area (Å²) >= 11 is 0. The molecule has 1 aromatic rings. The molecular weight excluding hydrogens is 304 g/mol. The summed E-state index contributed by atoms with van der Waals surface area (Å²) in [5.74, 6) is 4.77. The van der Waals surface area contributed by atoms with Gasteiger partial charge < -0.3 is 0 Å². The van der Waals surface area contributed by atoms with Gasteiger partial charge >= 0.3 is 0 Å². The topological polar surface area (TPSA) is 25.8 Å². The molecule has 0 unspecified atom stereocenters. The molecule has 0 spiro atoms. The molecule has 2 saturated carbocycles. The Bertz CT molecular complexity index is 479. The molecule has 3 rings (SSSR count). The lowest BCUT2D eigenvalue weighted by atomic mass is 9.75. The first-order chi connectivity index (χ1) is 12.3. The van der Waals surface area contributed by atoms with Gasteiger partial charge in [-0.25, -0.2) is 9.97 Å². The maximum Gasteiger partial charge on any atom is 0.131 e. The third-order valence-electron chi connectivity index (χ3n) is 7.00. The van der Waals surface area contributed by atoms with Gasteiger partial charge in [0.05, 0.1) is 0 Å². The fraction of sp³-hybridized carbons (Fsp3) is 0.826. The van der Waals surface area contributed by atoms with E-state index < -0.39 is 0 Å². The molecule has 25 heavy (non-hydrogen) atoms. The van der Waals surface area contributed by atoms with Crippen LogP contribution in [0.5, 0.6) is 0 Å². The smallest absolute Gasteiger partial charge is 0.131 e. The Morgan fingerprint density at radius 3 is 1.80 bits per heavy atom. The minimum atomic E-state index is 0.618. The molecule has 0 amide bonds. The lowest BCUT2D eigenvalue weighted by Crippen LogP contribution is -2.18. The summed E-state index contributed by atoms with van der Waals surface area (Å²) in [6.45, 7) is 4.58. The van der Waals surface area contributed by atoms with Gasteiger partial charge in [-0.1, -0.05) is 65.2 Å². The molecule has 1 aromatic heterocycles. The van der Waals surface area contributed by atoms with Crippen molar-refractivity contribution in [2.75, 3.05) is 0 Å². The van der Waals surface area contributed by atoms with Crippen LogP contribution in [0, 0.1) is 17.8 Å². The molecular formula is C23H38N2. The molecule has 2 aliphatic carbocycles. The van der Waals surface area contributed by atoms with Crippen molar-refractivity contribution in [1.29, 1.82) is 0 Å². The standard InChI is InChI=1S/C23H38N2/c1-3-5-21-16-24-23(25-17-21)22-14-12-20(13-15-22)11-10-19-8-6-18(4-2)7-9-19/h16-20,22H,3-15H2,1-2H3. The normalized spacial score (nSPS) is 30.3. The number of nitrogens with zero attached hydrogens (tertiary/aromatic N) is 2. The van der Waals surface area contributed by atoms with Gasteiger partial charge in [-0.3, -0.25) is 0 Å². The van der Waals surface area contributed by atoms with Crippen molar-refractivity contribution in [3.05, 3.63) is 23.8 Å². The first-order valence-corrected chi connectivity index (χ1v) is 11.1. The lowest BCUT2D eigenvalue weighted by Gasteiger charge is -2.31. The molecule has 0 radical (unpaired) electrons. The van der Waals surface area contributed by atoms with Crippen LogP contribution in [0.15, 0.2) is 12.4 Å². The van der Waals surface area contributed by atoms with Crippen molar-refractivity contribution < 1.29 is 0 Å². The van der Waals surface area contributed by atoms with Crippen LogP contribution < -0.4 is 0 Å². The minimum Gasteiger partial charge on any atom is -0.241 e. The number of rotatable bonds is 7. The van der Waals surface area contributed by atoms with E-state index in [1.807, 2.05) is 0 Å². The van der Waals surface area contributed by atoms with Gasteiger partial charge in [0, 0.05) is 18.3 Å². The van der Waals surface area contributed by atoms with E-state index in [1.165, 1.54) is 82.6 Å². The Morgan fingerprint density at radius 2 is 1.28 bits per heavy atom. The molecule has 0 atom stereocenters. The van der Waals surface area contributed by atoms with Crippen molar-refractivity contribution in [2.24, 2.45) is 17.8 Å². The van der Waals surface area contributed by atoms with Crippen molar-refractivity contribution >= 4 is 0 Å². The van der Waals surface area contributed by atoms with E-state index >= 15 is 0 Å². The molecule has 0 aromatic carbocycles. The molecule has 2 nitrogen and oxygen atoms in total. The molecule has 2 aliphatic rings. The van der Waals surface area contributed by atoms with E-state index in [-0.39, 0.29) is 0 Å². The van der Waals surface area contributed by atoms with Gasteiger partial charge in [-0.05, 0) is 55.4 Å². The Morgan fingerprint density at radius 1 is 0.760 bits per heavy atom. The first-order valence-electron chi connectivity index (χ1n) is 11.1. The summed E-state index contributed by atoms with van der Waals surface area (Å²) in [4.78, 5) is 9.34. The Labute approximate surface area is 155 Å². The maximum atomic E-state index is 4.67. The SMILES string of the molecule is CCCc1cnc(C2CCC(CCC3CCC(CC)CC3)CC2)nc1. The zero-order chi connectivity index (χ0) is 17.5. The van der Waals surface area contributed by atoms with Crippen molar-refractivity contribution in [2.45, 2.75) is 103 Å². The molecule has 0 saturated heterocycles. The molecule has 0 bridgehead atoms. The average Bonchev–Trinajstić information content (AvgIpc) is 2.68. The van der Waals surface area contributed by atoms with Crippen molar-refractivity contribution in [1.82, 2.24) is 9.97 Å². The fourth-order valence-electron chi connectivity index (χ4n) is 5.10. The van der Waals surface area contributed by atoms with Gasteiger partial charge in [0.25, 0.3) is 0 Å². The predicted octanol–water partition coefficient (Wildman–Crippen LogP) is 6.70. The van der Waals surface area contributed by atoms with E-state index in [1.54, 1.807) is 0 Å². The highest BCUT2D eigenvalue weighted by atomic mass is 14.9.